The average Bonchev–Trinajstić information content (AvgIpc) is 2.05. The number of aliphatic imine (C=N–C) groups is 1. The molecule has 0 bridgehead atoms. The molecular weight excluding hydrogens is 176 g/mol. The number of amidine groups is 1. The van der Waals surface area contributed by atoms with Crippen molar-refractivity contribution in [2.75, 3.05) is 5.32 Å². The van der Waals surface area contributed by atoms with E-state index in [2.05, 4.69) is 10.3 Å². The quantitative estimate of drug-likeness (QED) is 0.657. The fourth-order valence-electron chi connectivity index (χ4n) is 1.77. The third kappa shape index (κ3) is 1.40. The van der Waals surface area contributed by atoms with Crippen LogP contribution in [0.1, 0.15) is 25.0 Å². The topological polar surface area (TPSA) is 44.6 Å². The molecule has 0 amide bonds. The molecule has 3 heteroatoms. The first-order valence-corrected chi connectivity index (χ1v) is 4.66. The Morgan fingerprint density at radius 3 is 2.79 bits per heavy atom. The van der Waals surface area contributed by atoms with Gasteiger partial charge >= 0.3 is 0 Å². The number of hydrogen-bond donors (Lipinski definition) is 2. The highest BCUT2D eigenvalue weighted by Crippen LogP contribution is 2.33. The second-order valence-electron chi connectivity index (χ2n) is 3.89. The molecule has 0 saturated heterocycles. The Bertz CT molecular complexity index is 408. The highest BCUT2D eigenvalue weighted by molar-refractivity contribution is 5.96. The molecule has 3 nitrogen and oxygen atoms in total. The summed E-state index contributed by atoms with van der Waals surface area (Å²) in [5, 5.41) is 13.2. The molecule has 0 fully saturated rings. The van der Waals surface area contributed by atoms with Gasteiger partial charge in [0.05, 0.1) is 0 Å². The van der Waals surface area contributed by atoms with Crippen LogP contribution in [0.25, 0.3) is 0 Å². The molecular formula is C11H14N2O. The minimum Gasteiger partial charge on any atom is -0.365 e. The number of nitrogens with one attached hydrogen (secondary N) is 1. The standard InChI is InChI=1S/C11H14N2O/c1-7-4-5-10-9(6-7)11(3,14)13-8(2)12-10/h4-6,14H,1-3H3,(H,12,13). The first-order chi connectivity index (χ1) is 6.49. The lowest BCUT2D eigenvalue weighted by Crippen LogP contribution is -2.29. The zero-order valence-electron chi connectivity index (χ0n) is 8.63. The Hall–Kier alpha value is -1.35. The van der Waals surface area contributed by atoms with Crippen LogP contribution in [-0.2, 0) is 5.72 Å². The Morgan fingerprint density at radius 1 is 1.36 bits per heavy atom. The first-order valence-electron chi connectivity index (χ1n) is 4.66. The number of nitrogens with zero attached hydrogens (tertiary/aromatic N) is 1. The summed E-state index contributed by atoms with van der Waals surface area (Å²) < 4.78 is 0. The van der Waals surface area contributed by atoms with E-state index in [1.807, 2.05) is 32.0 Å². The van der Waals surface area contributed by atoms with Gasteiger partial charge in [0.15, 0.2) is 5.72 Å². The zero-order valence-corrected chi connectivity index (χ0v) is 8.63. The number of benzene rings is 1. The lowest BCUT2D eigenvalue weighted by atomic mass is 9.99. The van der Waals surface area contributed by atoms with E-state index in [0.29, 0.717) is 0 Å². The average molecular weight is 190 g/mol. The fraction of sp³-hybridized carbons (Fsp3) is 0.364. The molecule has 0 aliphatic carbocycles. The van der Waals surface area contributed by atoms with E-state index in [9.17, 15) is 5.11 Å². The maximum Gasteiger partial charge on any atom is 0.183 e. The molecule has 1 heterocycles. The highest BCUT2D eigenvalue weighted by Gasteiger charge is 2.28. The normalized spacial score (nSPS) is 25.0. The van der Waals surface area contributed by atoms with Gasteiger partial charge in [0.2, 0.25) is 0 Å². The molecule has 74 valence electrons. The van der Waals surface area contributed by atoms with Gasteiger partial charge in [-0.15, -0.1) is 0 Å². The molecule has 1 aliphatic rings. The molecule has 2 rings (SSSR count). The van der Waals surface area contributed by atoms with Crippen LogP contribution in [0.3, 0.4) is 0 Å². The SMILES string of the molecule is CC1=NC(C)(O)c2cc(C)ccc2N1. The number of rotatable bonds is 0. The van der Waals surface area contributed by atoms with Crippen molar-refractivity contribution in [2.24, 2.45) is 4.99 Å². The van der Waals surface area contributed by atoms with E-state index in [4.69, 9.17) is 0 Å². The third-order valence-corrected chi connectivity index (χ3v) is 2.39. The Kier molecular flexibility index (Phi) is 1.86. The van der Waals surface area contributed by atoms with Gasteiger partial charge in [-0.1, -0.05) is 11.6 Å². The molecule has 14 heavy (non-hydrogen) atoms. The summed E-state index contributed by atoms with van der Waals surface area (Å²) in [5.41, 5.74) is 1.80. The van der Waals surface area contributed by atoms with Gasteiger partial charge in [-0.05, 0) is 32.9 Å². The van der Waals surface area contributed by atoms with Gasteiger partial charge in [-0.25, -0.2) is 4.99 Å². The van der Waals surface area contributed by atoms with Gasteiger partial charge in [0.25, 0.3) is 0 Å². The molecule has 1 unspecified atom stereocenters. The Morgan fingerprint density at radius 2 is 2.07 bits per heavy atom. The second kappa shape index (κ2) is 2.82. The molecule has 1 aromatic carbocycles. The highest BCUT2D eigenvalue weighted by atomic mass is 16.3. The van der Waals surface area contributed by atoms with E-state index in [1.165, 1.54) is 0 Å². The van der Waals surface area contributed by atoms with E-state index < -0.39 is 5.72 Å². The van der Waals surface area contributed by atoms with Gasteiger partial charge in [-0.2, -0.15) is 0 Å². The second-order valence-corrected chi connectivity index (χ2v) is 3.89. The monoisotopic (exact) mass is 190 g/mol. The lowest BCUT2D eigenvalue weighted by Gasteiger charge is -2.28. The van der Waals surface area contributed by atoms with E-state index in [-0.39, 0.29) is 0 Å². The van der Waals surface area contributed by atoms with Crippen molar-refractivity contribution in [3.05, 3.63) is 29.3 Å². The van der Waals surface area contributed by atoms with Crippen molar-refractivity contribution in [3.63, 3.8) is 0 Å². The van der Waals surface area contributed by atoms with E-state index in [1.54, 1.807) is 6.92 Å². The minimum atomic E-state index is -1.10. The predicted octanol–water partition coefficient (Wildman–Crippen LogP) is 2.00. The molecule has 0 aromatic heterocycles. The van der Waals surface area contributed by atoms with Crippen LogP contribution in [0.2, 0.25) is 0 Å². The molecule has 1 aliphatic heterocycles. The number of hydrogen-bond acceptors (Lipinski definition) is 3. The van der Waals surface area contributed by atoms with E-state index >= 15 is 0 Å². The van der Waals surface area contributed by atoms with Crippen LogP contribution in [0, 0.1) is 6.92 Å². The summed E-state index contributed by atoms with van der Waals surface area (Å²) in [7, 11) is 0. The number of aryl methyl sites for hydroxylation is 1. The maximum atomic E-state index is 10.1. The Labute approximate surface area is 83.5 Å². The summed E-state index contributed by atoms with van der Waals surface area (Å²) in [6.45, 7) is 5.55. The van der Waals surface area contributed by atoms with Gasteiger partial charge in [-0.3, -0.25) is 0 Å². The van der Waals surface area contributed by atoms with Crippen molar-refractivity contribution in [1.29, 1.82) is 0 Å². The van der Waals surface area contributed by atoms with Crippen LogP contribution < -0.4 is 5.32 Å². The smallest absolute Gasteiger partial charge is 0.183 e. The predicted molar refractivity (Wildman–Crippen MR) is 57.5 cm³/mol. The van der Waals surface area contributed by atoms with Crippen LogP contribution in [0.4, 0.5) is 5.69 Å². The van der Waals surface area contributed by atoms with Gasteiger partial charge < -0.3 is 10.4 Å². The summed E-state index contributed by atoms with van der Waals surface area (Å²) in [6.07, 6.45) is 0. The summed E-state index contributed by atoms with van der Waals surface area (Å²) in [6, 6.07) is 5.94. The van der Waals surface area contributed by atoms with Crippen LogP contribution in [-0.4, -0.2) is 10.9 Å². The largest absolute Gasteiger partial charge is 0.365 e. The van der Waals surface area contributed by atoms with Gasteiger partial charge in [0, 0.05) is 11.3 Å². The molecule has 1 aromatic rings. The zero-order chi connectivity index (χ0) is 10.3. The van der Waals surface area contributed by atoms with Crippen LogP contribution in [0.5, 0.6) is 0 Å². The van der Waals surface area contributed by atoms with Crippen LogP contribution >= 0.6 is 0 Å². The summed E-state index contributed by atoms with van der Waals surface area (Å²) in [4.78, 5) is 4.16. The maximum absolute atomic E-state index is 10.1. The molecule has 2 N–H and O–H groups in total. The summed E-state index contributed by atoms with van der Waals surface area (Å²) >= 11 is 0. The van der Waals surface area contributed by atoms with E-state index in [0.717, 1.165) is 22.6 Å². The lowest BCUT2D eigenvalue weighted by molar-refractivity contribution is 0.0670. The molecule has 0 spiro atoms. The molecule has 0 saturated carbocycles. The number of aliphatic hydroxyl groups is 1. The van der Waals surface area contributed by atoms with Crippen molar-refractivity contribution >= 4 is 11.5 Å². The minimum absolute atomic E-state index is 0.742. The first kappa shape index (κ1) is 9.21. The molecule has 1 atom stereocenters. The summed E-state index contributed by atoms with van der Waals surface area (Å²) in [5.74, 6) is 0.742. The van der Waals surface area contributed by atoms with Crippen molar-refractivity contribution in [2.45, 2.75) is 26.5 Å². The van der Waals surface area contributed by atoms with Crippen LogP contribution in [0.15, 0.2) is 23.2 Å². The van der Waals surface area contributed by atoms with Crippen molar-refractivity contribution in [1.82, 2.24) is 0 Å². The molecule has 0 radical (unpaired) electrons. The van der Waals surface area contributed by atoms with Crippen molar-refractivity contribution < 1.29 is 5.11 Å². The van der Waals surface area contributed by atoms with Gasteiger partial charge in [0.1, 0.15) is 5.84 Å². The number of fused-ring (bicyclic) bond motifs is 1. The van der Waals surface area contributed by atoms with Crippen molar-refractivity contribution in [3.8, 4) is 0 Å². The fourth-order valence-corrected chi connectivity index (χ4v) is 1.77. The Balaban J connectivity index is 2.60. The number of anilines is 1. The third-order valence-electron chi connectivity index (χ3n) is 2.39.